The first-order valence-corrected chi connectivity index (χ1v) is 4.78. The van der Waals surface area contributed by atoms with Gasteiger partial charge in [0.05, 0.1) is 12.2 Å². The van der Waals surface area contributed by atoms with Gasteiger partial charge in [-0.05, 0) is 18.2 Å². The first-order chi connectivity index (χ1) is 8.13. The van der Waals surface area contributed by atoms with E-state index in [1.54, 1.807) is 24.3 Å². The van der Waals surface area contributed by atoms with Gasteiger partial charge < -0.3 is 16.5 Å². The number of nitrogens with one attached hydrogen (secondary N) is 2. The van der Waals surface area contributed by atoms with Gasteiger partial charge in [0.15, 0.2) is 0 Å². The maximum absolute atomic E-state index is 11.6. The van der Waals surface area contributed by atoms with E-state index in [-0.39, 0.29) is 12.5 Å². The van der Waals surface area contributed by atoms with Gasteiger partial charge in [-0.1, -0.05) is 6.07 Å². The van der Waals surface area contributed by atoms with Crippen LogP contribution in [0.5, 0.6) is 0 Å². The Morgan fingerprint density at radius 2 is 2.18 bits per heavy atom. The topological polar surface area (TPSA) is 123 Å². The molecule has 0 aliphatic rings. The molecule has 90 valence electrons. The fourth-order valence-electron chi connectivity index (χ4n) is 1.11. The summed E-state index contributed by atoms with van der Waals surface area (Å²) in [5.41, 5.74) is 8.12. The molecule has 7 heteroatoms. The maximum atomic E-state index is 11.6. The molecule has 2 amide bonds. The molecule has 17 heavy (non-hydrogen) atoms. The number of aliphatic imine (C=N–C) groups is 1. The van der Waals surface area contributed by atoms with E-state index in [1.165, 1.54) is 6.34 Å². The first-order valence-electron chi connectivity index (χ1n) is 4.78. The number of primary amides is 1. The van der Waals surface area contributed by atoms with Crippen LogP contribution in [-0.2, 0) is 4.79 Å². The summed E-state index contributed by atoms with van der Waals surface area (Å²) in [6.07, 6.45) is 1.29. The molecule has 0 spiro atoms. The van der Waals surface area contributed by atoms with Crippen LogP contribution in [0.15, 0.2) is 29.3 Å². The van der Waals surface area contributed by atoms with Crippen LogP contribution in [0.1, 0.15) is 10.4 Å². The molecule has 0 bridgehead atoms. The Hall–Kier alpha value is -2.41. The predicted molar refractivity (Wildman–Crippen MR) is 63.4 cm³/mol. The highest BCUT2D eigenvalue weighted by Gasteiger charge is 2.06. The van der Waals surface area contributed by atoms with Crippen molar-refractivity contribution in [1.82, 2.24) is 10.7 Å². The molecule has 0 saturated heterocycles. The third-order valence-electron chi connectivity index (χ3n) is 1.82. The summed E-state index contributed by atoms with van der Waals surface area (Å²) < 4.78 is 0. The van der Waals surface area contributed by atoms with E-state index in [0.29, 0.717) is 11.3 Å². The molecule has 0 atom stereocenters. The van der Waals surface area contributed by atoms with Crippen LogP contribution in [0.25, 0.3) is 0 Å². The van der Waals surface area contributed by atoms with Crippen LogP contribution in [-0.4, -0.2) is 24.7 Å². The maximum Gasteiger partial charge on any atom is 0.251 e. The summed E-state index contributed by atoms with van der Waals surface area (Å²) in [7, 11) is 0. The molecule has 0 aliphatic heterocycles. The second-order valence-corrected chi connectivity index (χ2v) is 3.12. The smallest absolute Gasteiger partial charge is 0.251 e. The van der Waals surface area contributed by atoms with Gasteiger partial charge in [0.1, 0.15) is 6.34 Å². The number of hydrogen-bond acceptors (Lipinski definition) is 4. The Labute approximate surface area is 97.9 Å². The van der Waals surface area contributed by atoms with Gasteiger partial charge >= 0.3 is 0 Å². The molecule has 1 rings (SSSR count). The zero-order valence-electron chi connectivity index (χ0n) is 9.01. The molecule has 6 N–H and O–H groups in total. The lowest BCUT2D eigenvalue weighted by molar-refractivity contribution is -0.117. The van der Waals surface area contributed by atoms with Crippen molar-refractivity contribution in [2.75, 3.05) is 6.54 Å². The molecule has 0 saturated carbocycles. The van der Waals surface area contributed by atoms with E-state index in [1.807, 2.05) is 0 Å². The van der Waals surface area contributed by atoms with Crippen molar-refractivity contribution in [3.8, 4) is 0 Å². The number of carbonyl (C=O) groups excluding carboxylic acids is 2. The highest BCUT2D eigenvalue weighted by atomic mass is 16.2. The van der Waals surface area contributed by atoms with E-state index >= 15 is 0 Å². The molecule has 7 nitrogen and oxygen atoms in total. The largest absolute Gasteiger partial charge is 0.368 e. The fraction of sp³-hybridized carbons (Fsp3) is 0.100. The molecular weight excluding hydrogens is 222 g/mol. The van der Waals surface area contributed by atoms with Crippen molar-refractivity contribution in [1.29, 1.82) is 0 Å². The summed E-state index contributed by atoms with van der Waals surface area (Å²) in [5.74, 6) is 4.04. The number of nitrogens with two attached hydrogens (primary N) is 2. The summed E-state index contributed by atoms with van der Waals surface area (Å²) in [6.45, 7) is -0.198. The van der Waals surface area contributed by atoms with Gasteiger partial charge in [-0.15, -0.1) is 0 Å². The second kappa shape index (κ2) is 6.23. The number of benzene rings is 1. The standard InChI is InChI=1S/C10H13N5O2/c11-9(16)5-13-10(17)7-2-1-3-8(4-7)14-6-15-12/h1-4,6H,5,12H2,(H2,11,16)(H,13,17)(H,14,15). The number of amides is 2. The summed E-state index contributed by atoms with van der Waals surface area (Å²) in [6, 6.07) is 6.54. The fourth-order valence-corrected chi connectivity index (χ4v) is 1.11. The van der Waals surface area contributed by atoms with Crippen molar-refractivity contribution in [2.24, 2.45) is 16.6 Å². The summed E-state index contributed by atoms with van der Waals surface area (Å²) >= 11 is 0. The summed E-state index contributed by atoms with van der Waals surface area (Å²) in [4.78, 5) is 26.0. The van der Waals surface area contributed by atoms with Gasteiger partial charge in [0, 0.05) is 5.56 Å². The van der Waals surface area contributed by atoms with Gasteiger partial charge in [-0.3, -0.25) is 9.59 Å². The highest BCUT2D eigenvalue weighted by Crippen LogP contribution is 2.13. The number of hydrazine groups is 1. The Morgan fingerprint density at radius 3 is 2.82 bits per heavy atom. The van der Waals surface area contributed by atoms with E-state index in [9.17, 15) is 9.59 Å². The Morgan fingerprint density at radius 1 is 1.41 bits per heavy atom. The zero-order valence-corrected chi connectivity index (χ0v) is 9.01. The van der Waals surface area contributed by atoms with Crippen molar-refractivity contribution in [3.63, 3.8) is 0 Å². The average Bonchev–Trinajstić information content (AvgIpc) is 2.33. The molecule has 0 radical (unpaired) electrons. The van der Waals surface area contributed by atoms with E-state index in [2.05, 4.69) is 15.7 Å². The third kappa shape index (κ3) is 4.31. The molecule has 1 aromatic rings. The number of nitrogens with zero attached hydrogens (tertiary/aromatic N) is 1. The lowest BCUT2D eigenvalue weighted by Crippen LogP contribution is -2.33. The molecule has 1 aromatic carbocycles. The SMILES string of the molecule is NNC=Nc1cccc(C(=O)NCC(N)=O)c1. The molecular formula is C10H13N5O2. The van der Waals surface area contributed by atoms with Crippen LogP contribution >= 0.6 is 0 Å². The van der Waals surface area contributed by atoms with Crippen LogP contribution < -0.4 is 22.3 Å². The highest BCUT2D eigenvalue weighted by molar-refractivity contribution is 5.97. The lowest BCUT2D eigenvalue weighted by atomic mass is 10.2. The predicted octanol–water partition coefficient (Wildman–Crippen LogP) is -0.975. The molecule has 0 heterocycles. The second-order valence-electron chi connectivity index (χ2n) is 3.12. The van der Waals surface area contributed by atoms with Gasteiger partial charge in [0.25, 0.3) is 5.91 Å². The molecule has 0 fully saturated rings. The third-order valence-corrected chi connectivity index (χ3v) is 1.82. The van der Waals surface area contributed by atoms with Crippen LogP contribution in [0.3, 0.4) is 0 Å². The average molecular weight is 235 g/mol. The van der Waals surface area contributed by atoms with Crippen molar-refractivity contribution < 1.29 is 9.59 Å². The number of rotatable bonds is 5. The molecule has 0 unspecified atom stereocenters. The van der Waals surface area contributed by atoms with Crippen LogP contribution in [0.2, 0.25) is 0 Å². The quantitative estimate of drug-likeness (QED) is 0.227. The minimum absolute atomic E-state index is 0.198. The van der Waals surface area contributed by atoms with Gasteiger partial charge in [0.2, 0.25) is 5.91 Å². The van der Waals surface area contributed by atoms with Gasteiger partial charge in [-0.2, -0.15) is 0 Å². The lowest BCUT2D eigenvalue weighted by Gasteiger charge is -2.03. The van der Waals surface area contributed by atoms with Crippen LogP contribution in [0.4, 0.5) is 5.69 Å². The number of carbonyl (C=O) groups is 2. The monoisotopic (exact) mass is 235 g/mol. The normalized spacial score (nSPS) is 10.2. The molecule has 0 aromatic heterocycles. The van der Waals surface area contributed by atoms with E-state index in [4.69, 9.17) is 11.6 Å². The minimum Gasteiger partial charge on any atom is -0.368 e. The Balaban J connectivity index is 2.73. The van der Waals surface area contributed by atoms with Gasteiger partial charge in [-0.25, -0.2) is 10.8 Å². The molecule has 0 aliphatic carbocycles. The van der Waals surface area contributed by atoms with Crippen molar-refractivity contribution in [3.05, 3.63) is 29.8 Å². The minimum atomic E-state index is -0.597. The Kier molecular flexibility index (Phi) is 4.64. The zero-order chi connectivity index (χ0) is 12.7. The first kappa shape index (κ1) is 12.7. The van der Waals surface area contributed by atoms with Crippen molar-refractivity contribution in [2.45, 2.75) is 0 Å². The number of hydrogen-bond donors (Lipinski definition) is 4. The van der Waals surface area contributed by atoms with Crippen LogP contribution in [0, 0.1) is 0 Å². The van der Waals surface area contributed by atoms with E-state index < -0.39 is 5.91 Å². The summed E-state index contributed by atoms with van der Waals surface area (Å²) in [5, 5.41) is 2.38. The Bertz CT molecular complexity index is 444. The van der Waals surface area contributed by atoms with E-state index in [0.717, 1.165) is 0 Å². The van der Waals surface area contributed by atoms with Crippen molar-refractivity contribution >= 4 is 23.8 Å².